The lowest BCUT2D eigenvalue weighted by molar-refractivity contribution is 0.0814. The van der Waals surface area contributed by atoms with Gasteiger partial charge in [0, 0.05) is 13.0 Å². The predicted octanol–water partition coefficient (Wildman–Crippen LogP) is 2.25. The van der Waals surface area contributed by atoms with E-state index in [9.17, 15) is 9.59 Å². The molecule has 0 fully saturated rings. The van der Waals surface area contributed by atoms with Crippen LogP contribution in [0.3, 0.4) is 0 Å². The molecule has 3 aromatic rings. The highest BCUT2D eigenvalue weighted by molar-refractivity contribution is 7.20. The van der Waals surface area contributed by atoms with Crippen LogP contribution in [-0.2, 0) is 0 Å². The monoisotopic (exact) mass is 371 g/mol. The largest absolute Gasteiger partial charge is 0.486 e. The molecule has 1 atom stereocenters. The second kappa shape index (κ2) is 6.80. The Bertz CT molecular complexity index is 1030. The summed E-state index contributed by atoms with van der Waals surface area (Å²) in [5, 5.41) is 3.36. The van der Waals surface area contributed by atoms with Crippen molar-refractivity contribution >= 4 is 27.5 Å². The van der Waals surface area contributed by atoms with Crippen LogP contribution in [-0.4, -0.2) is 35.1 Å². The number of para-hydroxylation sites is 2. The van der Waals surface area contributed by atoms with E-state index in [2.05, 4.69) is 15.3 Å². The van der Waals surface area contributed by atoms with Gasteiger partial charge in [-0.3, -0.25) is 9.59 Å². The number of ether oxygens (including phenoxy) is 2. The number of H-pyrrole nitrogens is 1. The van der Waals surface area contributed by atoms with E-state index in [4.69, 9.17) is 9.47 Å². The number of hydrogen-bond acceptors (Lipinski definition) is 6. The molecular formula is C18H17N3O4S. The Labute approximate surface area is 153 Å². The van der Waals surface area contributed by atoms with Crippen molar-refractivity contribution in [2.45, 2.75) is 19.4 Å². The molecule has 134 valence electrons. The third-order valence-electron chi connectivity index (χ3n) is 4.26. The molecule has 1 aromatic carbocycles. The zero-order valence-electron chi connectivity index (χ0n) is 14.1. The minimum Gasteiger partial charge on any atom is -0.486 e. The molecule has 0 saturated carbocycles. The van der Waals surface area contributed by atoms with Crippen LogP contribution < -0.4 is 20.3 Å². The number of fused-ring (bicyclic) bond motifs is 2. The van der Waals surface area contributed by atoms with Crippen molar-refractivity contribution < 1.29 is 14.3 Å². The molecule has 0 aliphatic carbocycles. The SMILES string of the molecule is Cc1c(C(=O)NCC[C@H]2COc3ccccc3O2)sc2nc[nH]c(=O)c12. The number of thiophene rings is 1. The maximum atomic E-state index is 12.5. The van der Waals surface area contributed by atoms with Crippen molar-refractivity contribution in [1.82, 2.24) is 15.3 Å². The van der Waals surface area contributed by atoms with Gasteiger partial charge >= 0.3 is 0 Å². The van der Waals surface area contributed by atoms with Crippen LogP contribution in [0.2, 0.25) is 0 Å². The van der Waals surface area contributed by atoms with Gasteiger partial charge in [0.15, 0.2) is 11.5 Å². The molecular weight excluding hydrogens is 354 g/mol. The number of benzene rings is 1. The lowest BCUT2D eigenvalue weighted by Gasteiger charge is -2.26. The van der Waals surface area contributed by atoms with E-state index in [0.29, 0.717) is 40.2 Å². The normalized spacial score (nSPS) is 15.8. The number of aromatic amines is 1. The first-order valence-corrected chi connectivity index (χ1v) is 9.08. The van der Waals surface area contributed by atoms with Gasteiger partial charge in [-0.25, -0.2) is 4.98 Å². The summed E-state index contributed by atoms with van der Waals surface area (Å²) in [5.41, 5.74) is 0.428. The second-order valence-corrected chi connectivity index (χ2v) is 7.01. The number of amides is 1. The fourth-order valence-corrected chi connectivity index (χ4v) is 3.99. The molecule has 0 bridgehead atoms. The molecule has 2 N–H and O–H groups in total. The Morgan fingerprint density at radius 1 is 1.38 bits per heavy atom. The minimum atomic E-state index is -0.228. The number of nitrogens with zero attached hydrogens (tertiary/aromatic N) is 1. The van der Waals surface area contributed by atoms with E-state index in [0.717, 1.165) is 11.5 Å². The topological polar surface area (TPSA) is 93.3 Å². The Morgan fingerprint density at radius 3 is 3.00 bits per heavy atom. The Balaban J connectivity index is 1.39. The summed E-state index contributed by atoms with van der Waals surface area (Å²) >= 11 is 1.22. The van der Waals surface area contributed by atoms with Crippen molar-refractivity contribution in [1.29, 1.82) is 0 Å². The highest BCUT2D eigenvalue weighted by Gasteiger charge is 2.22. The number of carbonyl (C=O) groups excluding carboxylic acids is 1. The molecule has 0 radical (unpaired) electrons. The molecule has 8 heteroatoms. The third-order valence-corrected chi connectivity index (χ3v) is 5.46. The summed E-state index contributed by atoms with van der Waals surface area (Å²) < 4.78 is 11.5. The van der Waals surface area contributed by atoms with E-state index in [-0.39, 0.29) is 17.6 Å². The zero-order chi connectivity index (χ0) is 18.1. The van der Waals surface area contributed by atoms with E-state index in [1.165, 1.54) is 17.7 Å². The summed E-state index contributed by atoms with van der Waals surface area (Å²) in [6.45, 7) is 2.67. The average molecular weight is 371 g/mol. The van der Waals surface area contributed by atoms with Gasteiger partial charge in [-0.15, -0.1) is 11.3 Å². The summed E-state index contributed by atoms with van der Waals surface area (Å²) in [5.74, 6) is 1.26. The molecule has 4 rings (SSSR count). The maximum Gasteiger partial charge on any atom is 0.261 e. The van der Waals surface area contributed by atoms with Gasteiger partial charge in [0.05, 0.1) is 16.6 Å². The molecule has 1 amide bonds. The molecule has 0 spiro atoms. The van der Waals surface area contributed by atoms with Crippen molar-refractivity contribution in [2.24, 2.45) is 0 Å². The van der Waals surface area contributed by atoms with Gasteiger partial charge in [-0.2, -0.15) is 0 Å². The second-order valence-electron chi connectivity index (χ2n) is 6.01. The Morgan fingerprint density at radius 2 is 2.19 bits per heavy atom. The lowest BCUT2D eigenvalue weighted by atomic mass is 10.2. The number of carbonyl (C=O) groups is 1. The standard InChI is InChI=1S/C18H17N3O4S/c1-10-14-16(22)20-9-21-18(14)26-15(10)17(23)19-7-6-11-8-24-12-4-2-3-5-13(12)25-11/h2-5,9,11H,6-8H2,1H3,(H,19,23)(H,20,21,22)/t11-/m0/s1. The van der Waals surface area contributed by atoms with E-state index >= 15 is 0 Å². The molecule has 1 aliphatic rings. The quantitative estimate of drug-likeness (QED) is 0.734. The molecule has 0 saturated heterocycles. The number of aryl methyl sites for hydroxylation is 1. The summed E-state index contributed by atoms with van der Waals surface area (Å²) in [7, 11) is 0. The minimum absolute atomic E-state index is 0.113. The third kappa shape index (κ3) is 3.03. The molecule has 2 aromatic heterocycles. The van der Waals surface area contributed by atoms with Crippen LogP contribution in [0.5, 0.6) is 11.5 Å². The van der Waals surface area contributed by atoms with Gasteiger partial charge in [0.2, 0.25) is 0 Å². The first kappa shape index (κ1) is 16.6. The van der Waals surface area contributed by atoms with Crippen LogP contribution in [0.1, 0.15) is 21.7 Å². The maximum absolute atomic E-state index is 12.5. The first-order chi connectivity index (χ1) is 12.6. The Kier molecular flexibility index (Phi) is 4.34. The van der Waals surface area contributed by atoms with E-state index < -0.39 is 0 Å². The van der Waals surface area contributed by atoms with Crippen molar-refractivity contribution in [3.05, 3.63) is 51.4 Å². The summed E-state index contributed by atoms with van der Waals surface area (Å²) in [6.07, 6.45) is 1.86. The highest BCUT2D eigenvalue weighted by Crippen LogP contribution is 2.31. The highest BCUT2D eigenvalue weighted by atomic mass is 32.1. The van der Waals surface area contributed by atoms with Crippen LogP contribution in [0.4, 0.5) is 0 Å². The van der Waals surface area contributed by atoms with Crippen LogP contribution in [0.15, 0.2) is 35.4 Å². The fourth-order valence-electron chi connectivity index (χ4n) is 2.93. The molecule has 0 unspecified atom stereocenters. The molecule has 1 aliphatic heterocycles. The van der Waals surface area contributed by atoms with Gasteiger partial charge in [0.25, 0.3) is 11.5 Å². The van der Waals surface area contributed by atoms with E-state index in [1.807, 2.05) is 24.3 Å². The fraction of sp³-hybridized carbons (Fsp3) is 0.278. The first-order valence-electron chi connectivity index (χ1n) is 8.27. The van der Waals surface area contributed by atoms with Crippen LogP contribution >= 0.6 is 11.3 Å². The molecule has 26 heavy (non-hydrogen) atoms. The van der Waals surface area contributed by atoms with Crippen molar-refractivity contribution in [2.75, 3.05) is 13.2 Å². The van der Waals surface area contributed by atoms with Gasteiger partial charge in [-0.1, -0.05) is 12.1 Å². The number of hydrogen-bond donors (Lipinski definition) is 2. The number of rotatable bonds is 4. The average Bonchev–Trinajstić information content (AvgIpc) is 2.99. The van der Waals surface area contributed by atoms with Crippen molar-refractivity contribution in [3.63, 3.8) is 0 Å². The van der Waals surface area contributed by atoms with E-state index in [1.54, 1.807) is 6.92 Å². The van der Waals surface area contributed by atoms with Gasteiger partial charge < -0.3 is 19.8 Å². The lowest BCUT2D eigenvalue weighted by Crippen LogP contribution is -2.34. The Hall–Kier alpha value is -2.87. The smallest absolute Gasteiger partial charge is 0.261 e. The molecule has 3 heterocycles. The number of nitrogens with one attached hydrogen (secondary N) is 2. The van der Waals surface area contributed by atoms with Crippen LogP contribution in [0.25, 0.3) is 10.2 Å². The van der Waals surface area contributed by atoms with Crippen LogP contribution in [0, 0.1) is 6.92 Å². The summed E-state index contributed by atoms with van der Waals surface area (Å²) in [6, 6.07) is 7.53. The summed E-state index contributed by atoms with van der Waals surface area (Å²) in [4.78, 5) is 32.1. The predicted molar refractivity (Wildman–Crippen MR) is 98.3 cm³/mol. The van der Waals surface area contributed by atoms with Gasteiger partial charge in [0.1, 0.15) is 17.5 Å². The zero-order valence-corrected chi connectivity index (χ0v) is 14.9. The number of aromatic nitrogens is 2. The van der Waals surface area contributed by atoms with Gasteiger partial charge in [-0.05, 0) is 24.6 Å². The molecule has 7 nitrogen and oxygen atoms in total. The van der Waals surface area contributed by atoms with Crippen molar-refractivity contribution in [3.8, 4) is 11.5 Å².